The van der Waals surface area contributed by atoms with Crippen LogP contribution in [0.3, 0.4) is 0 Å². The third-order valence-electron chi connectivity index (χ3n) is 6.28. The molecule has 0 radical (unpaired) electrons. The Labute approximate surface area is 163 Å². The maximum Gasteiger partial charge on any atom is 0.308 e. The highest BCUT2D eigenvalue weighted by atomic mass is 16.6. The van der Waals surface area contributed by atoms with E-state index < -0.39 is 17.4 Å². The van der Waals surface area contributed by atoms with Gasteiger partial charge in [0.1, 0.15) is 0 Å². The average Bonchev–Trinajstić information content (AvgIpc) is 2.66. The molecule has 7 heteroatoms. The summed E-state index contributed by atoms with van der Waals surface area (Å²) in [5.41, 5.74) is 0.465. The van der Waals surface area contributed by atoms with E-state index in [0.29, 0.717) is 29.8 Å². The van der Waals surface area contributed by atoms with Crippen LogP contribution in [0.4, 0.5) is 0 Å². The molecular weight excluding hydrogens is 362 g/mol. The van der Waals surface area contributed by atoms with E-state index in [1.54, 1.807) is 18.2 Å². The first-order valence-electron chi connectivity index (χ1n) is 9.27. The molecule has 2 bridgehead atoms. The molecule has 3 atom stereocenters. The highest BCUT2D eigenvalue weighted by Crippen LogP contribution is 2.57. The molecule has 1 aromatic rings. The molecule has 1 saturated heterocycles. The van der Waals surface area contributed by atoms with Crippen molar-refractivity contribution < 1.29 is 28.6 Å². The van der Waals surface area contributed by atoms with Crippen LogP contribution in [0, 0.1) is 5.92 Å². The van der Waals surface area contributed by atoms with Crippen LogP contribution in [0.15, 0.2) is 24.0 Å². The number of piperidine rings is 1. The predicted molar refractivity (Wildman–Crippen MR) is 99.6 cm³/mol. The zero-order chi connectivity index (χ0) is 20.2. The van der Waals surface area contributed by atoms with Crippen molar-refractivity contribution in [1.82, 2.24) is 4.90 Å². The zero-order valence-corrected chi connectivity index (χ0v) is 16.4. The molecule has 4 rings (SSSR count). The number of likely N-dealkylation sites (tertiary alicyclic amines) is 1. The number of benzene rings is 1. The molecule has 0 aromatic heterocycles. The van der Waals surface area contributed by atoms with Crippen LogP contribution < -0.4 is 9.47 Å². The van der Waals surface area contributed by atoms with Gasteiger partial charge in [0.05, 0.1) is 20.3 Å². The molecule has 0 saturated carbocycles. The summed E-state index contributed by atoms with van der Waals surface area (Å²) in [7, 11) is 4.87. The van der Waals surface area contributed by atoms with Gasteiger partial charge in [0.25, 0.3) is 0 Å². The number of fused-ring (bicyclic) bond motifs is 1. The van der Waals surface area contributed by atoms with Gasteiger partial charge < -0.3 is 14.2 Å². The van der Waals surface area contributed by atoms with Gasteiger partial charge in [-0.2, -0.15) is 0 Å². The summed E-state index contributed by atoms with van der Waals surface area (Å²) < 4.78 is 16.3. The zero-order valence-electron chi connectivity index (χ0n) is 16.4. The van der Waals surface area contributed by atoms with Crippen molar-refractivity contribution in [2.24, 2.45) is 5.92 Å². The van der Waals surface area contributed by atoms with E-state index in [4.69, 9.17) is 14.2 Å². The minimum atomic E-state index is -0.640. The number of hydrogen-bond donors (Lipinski definition) is 0. The molecule has 148 valence electrons. The van der Waals surface area contributed by atoms with E-state index in [-0.39, 0.29) is 35.4 Å². The minimum absolute atomic E-state index is 0.0464. The molecule has 1 aliphatic heterocycles. The van der Waals surface area contributed by atoms with Gasteiger partial charge in [-0.1, -0.05) is 0 Å². The summed E-state index contributed by atoms with van der Waals surface area (Å²) >= 11 is 0. The molecule has 7 nitrogen and oxygen atoms in total. The van der Waals surface area contributed by atoms with E-state index in [1.807, 2.05) is 11.9 Å². The smallest absolute Gasteiger partial charge is 0.308 e. The number of ether oxygens (including phenoxy) is 3. The topological polar surface area (TPSA) is 82.1 Å². The fraction of sp³-hybridized carbons (Fsp3) is 0.476. The van der Waals surface area contributed by atoms with Crippen molar-refractivity contribution >= 4 is 17.5 Å². The van der Waals surface area contributed by atoms with Crippen LogP contribution in [0.5, 0.6) is 11.5 Å². The van der Waals surface area contributed by atoms with E-state index >= 15 is 0 Å². The normalized spacial score (nSPS) is 28.8. The number of esters is 1. The summed E-state index contributed by atoms with van der Waals surface area (Å²) in [5, 5.41) is 0. The van der Waals surface area contributed by atoms with Gasteiger partial charge in [-0.05, 0) is 38.2 Å². The van der Waals surface area contributed by atoms with Crippen molar-refractivity contribution in [1.29, 1.82) is 0 Å². The Kier molecular flexibility index (Phi) is 4.30. The van der Waals surface area contributed by atoms with Crippen LogP contribution >= 0.6 is 0 Å². The van der Waals surface area contributed by atoms with Gasteiger partial charge in [0, 0.05) is 35.8 Å². The van der Waals surface area contributed by atoms with Crippen molar-refractivity contribution in [2.75, 3.05) is 27.8 Å². The highest BCUT2D eigenvalue weighted by Gasteiger charge is 2.59. The van der Waals surface area contributed by atoms with Crippen LogP contribution in [0.25, 0.3) is 0 Å². The summed E-state index contributed by atoms with van der Waals surface area (Å²) in [5.74, 6) is -0.00199. The van der Waals surface area contributed by atoms with Gasteiger partial charge in [0.2, 0.25) is 0 Å². The molecule has 1 fully saturated rings. The van der Waals surface area contributed by atoms with Crippen molar-refractivity contribution in [3.05, 3.63) is 35.1 Å². The molecular formula is C21H23NO6. The molecule has 1 aromatic carbocycles. The fourth-order valence-electron chi connectivity index (χ4n) is 5.10. The second-order valence-electron chi connectivity index (χ2n) is 7.67. The number of rotatable bonds is 3. The highest BCUT2D eigenvalue weighted by molar-refractivity contribution is 6.07. The van der Waals surface area contributed by atoms with Crippen molar-refractivity contribution in [2.45, 2.75) is 31.2 Å². The molecule has 28 heavy (non-hydrogen) atoms. The van der Waals surface area contributed by atoms with Gasteiger partial charge in [0.15, 0.2) is 28.8 Å². The number of methoxy groups -OCH3 is 2. The van der Waals surface area contributed by atoms with Crippen LogP contribution in [-0.4, -0.2) is 56.3 Å². The first-order valence-corrected chi connectivity index (χ1v) is 9.27. The SMILES string of the molecule is COC1=CC2C3C(=O)c4ccc(OC)c(OC(C)=O)c4C2(CCN3C)CC1=O. The Balaban J connectivity index is 2.05. The first kappa shape index (κ1) is 18.7. The Morgan fingerprint density at radius 1 is 1.21 bits per heavy atom. The van der Waals surface area contributed by atoms with Crippen LogP contribution in [0.2, 0.25) is 0 Å². The molecule has 3 unspecified atom stereocenters. The summed E-state index contributed by atoms with van der Waals surface area (Å²) in [6.07, 6.45) is 2.64. The number of nitrogens with zero attached hydrogens (tertiary/aromatic N) is 1. The van der Waals surface area contributed by atoms with Crippen molar-refractivity contribution in [3.63, 3.8) is 0 Å². The predicted octanol–water partition coefficient (Wildman–Crippen LogP) is 1.88. The van der Waals surface area contributed by atoms with Gasteiger partial charge in [-0.3, -0.25) is 19.3 Å². The summed E-state index contributed by atoms with van der Waals surface area (Å²) in [4.78, 5) is 40.1. The quantitative estimate of drug-likeness (QED) is 0.580. The van der Waals surface area contributed by atoms with E-state index in [0.717, 1.165) is 0 Å². The van der Waals surface area contributed by atoms with Gasteiger partial charge in [-0.25, -0.2) is 0 Å². The number of allylic oxidation sites excluding steroid dienone is 1. The van der Waals surface area contributed by atoms with Crippen LogP contribution in [0.1, 0.15) is 35.7 Å². The Morgan fingerprint density at radius 3 is 2.61 bits per heavy atom. The third-order valence-corrected chi connectivity index (χ3v) is 6.28. The van der Waals surface area contributed by atoms with Crippen LogP contribution in [-0.2, 0) is 19.7 Å². The summed E-state index contributed by atoms with van der Waals surface area (Å²) in [6.45, 7) is 1.97. The number of Topliss-reactive ketones (excluding diaryl/α,β-unsaturated/α-hetero) is 2. The molecule has 2 aliphatic carbocycles. The fourth-order valence-corrected chi connectivity index (χ4v) is 5.10. The number of carbonyl (C=O) groups excluding carboxylic acids is 3. The molecule has 1 heterocycles. The Morgan fingerprint density at radius 2 is 1.96 bits per heavy atom. The molecule has 3 aliphatic rings. The maximum absolute atomic E-state index is 13.4. The van der Waals surface area contributed by atoms with Gasteiger partial charge >= 0.3 is 5.97 Å². The second kappa shape index (κ2) is 6.44. The lowest BCUT2D eigenvalue weighted by atomic mass is 9.53. The lowest BCUT2D eigenvalue weighted by Gasteiger charge is -2.55. The summed E-state index contributed by atoms with van der Waals surface area (Å²) in [6, 6.07) is 2.97. The lowest BCUT2D eigenvalue weighted by molar-refractivity contribution is -0.132. The average molecular weight is 385 g/mol. The number of hydrogen-bond acceptors (Lipinski definition) is 7. The molecule has 0 spiro atoms. The molecule has 0 N–H and O–H groups in total. The Hall–Kier alpha value is -2.67. The number of likely N-dealkylation sites (N-methyl/N-ethyl adjacent to an activating group) is 1. The second-order valence-corrected chi connectivity index (χ2v) is 7.67. The van der Waals surface area contributed by atoms with E-state index in [2.05, 4.69) is 0 Å². The first-order chi connectivity index (χ1) is 13.3. The molecule has 0 amide bonds. The number of carbonyl (C=O) groups is 3. The maximum atomic E-state index is 13.4. The largest absolute Gasteiger partial charge is 0.493 e. The third kappa shape index (κ3) is 2.42. The minimum Gasteiger partial charge on any atom is -0.493 e. The number of ketones is 2. The monoisotopic (exact) mass is 385 g/mol. The van der Waals surface area contributed by atoms with E-state index in [9.17, 15) is 14.4 Å². The van der Waals surface area contributed by atoms with Gasteiger partial charge in [-0.15, -0.1) is 0 Å². The lowest BCUT2D eigenvalue weighted by Crippen LogP contribution is -2.62. The van der Waals surface area contributed by atoms with Crippen molar-refractivity contribution in [3.8, 4) is 11.5 Å². The van der Waals surface area contributed by atoms with E-state index in [1.165, 1.54) is 21.1 Å². The standard InChI is InChI=1S/C21H23NO6/c1-11(23)28-20-15(26-3)6-5-12-17(20)21-7-8-22(2)18(19(12)25)13(21)9-16(27-4)14(24)10-21/h5-6,9,13,18H,7-8,10H2,1-4H3. The Bertz CT molecular complexity index is 920.